The number of hydrogen-bond acceptors (Lipinski definition) is 3. The summed E-state index contributed by atoms with van der Waals surface area (Å²) in [5.41, 5.74) is -1.17. The van der Waals surface area contributed by atoms with E-state index < -0.39 is 23.7 Å². The van der Waals surface area contributed by atoms with Crippen LogP contribution >= 0.6 is 0 Å². The van der Waals surface area contributed by atoms with Crippen molar-refractivity contribution in [3.8, 4) is 0 Å². The summed E-state index contributed by atoms with van der Waals surface area (Å²) in [6, 6.07) is -0.566. The van der Waals surface area contributed by atoms with Crippen LogP contribution in [0.3, 0.4) is 0 Å². The number of unbranched alkanes of at least 4 members (excludes halogenated alkanes) is 3. The second kappa shape index (κ2) is 7.60. The van der Waals surface area contributed by atoms with E-state index in [1.165, 1.54) is 0 Å². The van der Waals surface area contributed by atoms with Crippen molar-refractivity contribution in [2.24, 2.45) is 11.8 Å². The van der Waals surface area contributed by atoms with Gasteiger partial charge in [-0.25, -0.2) is 0 Å². The maximum absolute atomic E-state index is 12.3. The van der Waals surface area contributed by atoms with Gasteiger partial charge in [0.2, 0.25) is 5.91 Å². The van der Waals surface area contributed by atoms with Crippen molar-refractivity contribution in [3.63, 3.8) is 0 Å². The maximum atomic E-state index is 12.3. The zero-order chi connectivity index (χ0) is 16.2. The van der Waals surface area contributed by atoms with Gasteiger partial charge in [-0.1, -0.05) is 44.8 Å². The van der Waals surface area contributed by atoms with Crippen LogP contribution in [0.15, 0.2) is 12.2 Å². The van der Waals surface area contributed by atoms with Crippen LogP contribution in [0.5, 0.6) is 0 Å². The summed E-state index contributed by atoms with van der Waals surface area (Å²) < 4.78 is 0. The molecule has 0 bridgehead atoms. The molecule has 1 amide bonds. The molecular formula is C18H31NO3. The molecule has 4 nitrogen and oxygen atoms in total. The van der Waals surface area contributed by atoms with Crippen molar-refractivity contribution in [2.75, 3.05) is 0 Å². The number of nitrogens with one attached hydrogen (secondary N) is 1. The summed E-state index contributed by atoms with van der Waals surface area (Å²) in [7, 11) is 0. The molecule has 22 heavy (non-hydrogen) atoms. The Morgan fingerprint density at radius 1 is 1.41 bits per heavy atom. The monoisotopic (exact) mass is 309 g/mol. The van der Waals surface area contributed by atoms with Crippen LogP contribution in [0.2, 0.25) is 0 Å². The van der Waals surface area contributed by atoms with Crippen molar-refractivity contribution in [1.29, 1.82) is 0 Å². The molecule has 2 rings (SSSR count). The molecule has 1 heterocycles. The first kappa shape index (κ1) is 17.5. The van der Waals surface area contributed by atoms with Gasteiger partial charge in [0.1, 0.15) is 0 Å². The second-order valence-electron chi connectivity index (χ2n) is 7.13. The van der Waals surface area contributed by atoms with Gasteiger partial charge < -0.3 is 15.5 Å². The van der Waals surface area contributed by atoms with Gasteiger partial charge in [0.05, 0.1) is 23.7 Å². The minimum atomic E-state index is -1.17. The Balaban J connectivity index is 1.99. The number of allylic oxidation sites excluding steroid dienone is 1. The molecule has 0 radical (unpaired) electrons. The lowest BCUT2D eigenvalue weighted by Crippen LogP contribution is -2.53. The summed E-state index contributed by atoms with van der Waals surface area (Å²) >= 11 is 0. The number of carbonyl (C=O) groups is 1. The molecule has 1 saturated heterocycles. The molecule has 1 aliphatic heterocycles. The van der Waals surface area contributed by atoms with Crippen LogP contribution in [0.1, 0.15) is 65.2 Å². The number of carbonyl (C=O) groups excluding carboxylic acids is 1. The van der Waals surface area contributed by atoms with Gasteiger partial charge in [0.25, 0.3) is 0 Å². The summed E-state index contributed by atoms with van der Waals surface area (Å²) in [5.74, 6) is -0.480. The Morgan fingerprint density at radius 2 is 2.18 bits per heavy atom. The van der Waals surface area contributed by atoms with Crippen molar-refractivity contribution < 1.29 is 15.0 Å². The zero-order valence-corrected chi connectivity index (χ0v) is 13.9. The highest BCUT2D eigenvalue weighted by Gasteiger charge is 2.53. The van der Waals surface area contributed by atoms with Crippen molar-refractivity contribution in [3.05, 3.63) is 12.2 Å². The van der Waals surface area contributed by atoms with Gasteiger partial charge in [0.15, 0.2) is 0 Å². The normalized spacial score (nSPS) is 36.4. The van der Waals surface area contributed by atoms with Gasteiger partial charge in [-0.3, -0.25) is 4.79 Å². The van der Waals surface area contributed by atoms with Crippen molar-refractivity contribution >= 4 is 5.91 Å². The number of amides is 1. The molecule has 3 N–H and O–H groups in total. The van der Waals surface area contributed by atoms with E-state index in [0.717, 1.165) is 44.9 Å². The smallest absolute Gasteiger partial charge is 0.226 e. The lowest BCUT2D eigenvalue weighted by Gasteiger charge is -2.35. The number of aliphatic hydroxyl groups excluding tert-OH is 1. The molecule has 0 spiro atoms. The fraction of sp³-hybridized carbons (Fsp3) is 0.833. The van der Waals surface area contributed by atoms with Gasteiger partial charge in [-0.15, -0.1) is 0 Å². The quantitative estimate of drug-likeness (QED) is 0.500. The van der Waals surface area contributed by atoms with E-state index in [0.29, 0.717) is 6.42 Å². The van der Waals surface area contributed by atoms with Gasteiger partial charge >= 0.3 is 0 Å². The van der Waals surface area contributed by atoms with E-state index in [-0.39, 0.29) is 11.8 Å². The van der Waals surface area contributed by atoms with E-state index in [9.17, 15) is 15.0 Å². The predicted octanol–water partition coefficient (Wildman–Crippen LogP) is 2.54. The molecule has 1 aliphatic carbocycles. The molecule has 0 saturated carbocycles. The van der Waals surface area contributed by atoms with Crippen LogP contribution in [0.25, 0.3) is 0 Å². The lowest BCUT2D eigenvalue weighted by molar-refractivity contribution is -0.125. The maximum Gasteiger partial charge on any atom is 0.226 e. The number of aliphatic hydroxyl groups is 2. The largest absolute Gasteiger partial charge is 0.390 e. The van der Waals surface area contributed by atoms with Crippen LogP contribution < -0.4 is 5.32 Å². The molecule has 4 heteroatoms. The van der Waals surface area contributed by atoms with Crippen molar-refractivity contribution in [2.45, 2.75) is 83.0 Å². The molecular weight excluding hydrogens is 278 g/mol. The zero-order valence-electron chi connectivity index (χ0n) is 13.9. The van der Waals surface area contributed by atoms with Crippen LogP contribution in [-0.4, -0.2) is 33.9 Å². The third-order valence-corrected chi connectivity index (χ3v) is 5.37. The van der Waals surface area contributed by atoms with Crippen LogP contribution in [0, 0.1) is 11.8 Å². The van der Waals surface area contributed by atoms with Crippen molar-refractivity contribution in [1.82, 2.24) is 5.32 Å². The standard InChI is InChI=1S/C18H31NO3/c1-3-4-5-9-12-14-17(21)19-16(18(14,2)22)15(20)13-10-7-6-8-11-13/h7,10,13-16,20,22H,3-6,8-9,11-12H2,1-2H3,(H,19,21)/t13-,14+,15+,16-,18+/m1/s1. The Kier molecular flexibility index (Phi) is 6.04. The molecule has 0 aromatic rings. The highest BCUT2D eigenvalue weighted by Crippen LogP contribution is 2.36. The molecule has 2 aliphatic rings. The highest BCUT2D eigenvalue weighted by atomic mass is 16.3. The molecule has 0 aromatic heterocycles. The van der Waals surface area contributed by atoms with E-state index >= 15 is 0 Å². The predicted molar refractivity (Wildman–Crippen MR) is 87.3 cm³/mol. The molecule has 0 aromatic carbocycles. The first-order valence-corrected chi connectivity index (χ1v) is 8.86. The van der Waals surface area contributed by atoms with Crippen LogP contribution in [-0.2, 0) is 4.79 Å². The fourth-order valence-electron chi connectivity index (χ4n) is 3.88. The second-order valence-corrected chi connectivity index (χ2v) is 7.13. The van der Waals surface area contributed by atoms with Gasteiger partial charge in [-0.2, -0.15) is 0 Å². The minimum Gasteiger partial charge on any atom is -0.390 e. The third kappa shape index (κ3) is 3.72. The Bertz CT molecular complexity index is 405. The van der Waals surface area contributed by atoms with Gasteiger partial charge in [0, 0.05) is 5.92 Å². The molecule has 5 atom stereocenters. The number of hydrogen-bond donors (Lipinski definition) is 3. The molecule has 0 unspecified atom stereocenters. The highest BCUT2D eigenvalue weighted by molar-refractivity contribution is 5.83. The first-order valence-electron chi connectivity index (χ1n) is 8.86. The first-order chi connectivity index (χ1) is 10.5. The van der Waals surface area contributed by atoms with E-state index in [4.69, 9.17) is 0 Å². The molecule has 126 valence electrons. The summed E-state index contributed by atoms with van der Waals surface area (Å²) in [6.45, 7) is 3.86. The average Bonchev–Trinajstić information content (AvgIpc) is 2.74. The lowest BCUT2D eigenvalue weighted by atomic mass is 9.77. The fourth-order valence-corrected chi connectivity index (χ4v) is 3.88. The minimum absolute atomic E-state index is 0.0318. The van der Waals surface area contributed by atoms with E-state index in [1.54, 1.807) is 6.92 Å². The molecule has 1 fully saturated rings. The Hall–Kier alpha value is -0.870. The SMILES string of the molecule is CCCCCC[C@H]1C(=O)N[C@H]([C@@H](O)[C@@H]2C=CCCC2)[C@@]1(C)O. The third-order valence-electron chi connectivity index (χ3n) is 5.37. The summed E-state index contributed by atoms with van der Waals surface area (Å²) in [4.78, 5) is 12.3. The summed E-state index contributed by atoms with van der Waals surface area (Å²) in [5, 5.41) is 24.4. The number of rotatable bonds is 7. The van der Waals surface area contributed by atoms with Gasteiger partial charge in [-0.05, 0) is 32.6 Å². The average molecular weight is 309 g/mol. The van der Waals surface area contributed by atoms with Crippen LogP contribution in [0.4, 0.5) is 0 Å². The summed E-state index contributed by atoms with van der Waals surface area (Å²) in [6.07, 6.45) is 11.5. The Labute approximate surface area is 134 Å². The Morgan fingerprint density at radius 3 is 2.82 bits per heavy atom. The van der Waals surface area contributed by atoms with E-state index in [2.05, 4.69) is 18.3 Å². The topological polar surface area (TPSA) is 69.6 Å². The van der Waals surface area contributed by atoms with E-state index in [1.807, 2.05) is 6.08 Å².